The first kappa shape index (κ1) is 13.3. The van der Waals surface area contributed by atoms with Gasteiger partial charge in [-0.25, -0.2) is 13.1 Å². The van der Waals surface area contributed by atoms with Gasteiger partial charge in [-0.3, -0.25) is 0 Å². The molecule has 0 aromatic heterocycles. The summed E-state index contributed by atoms with van der Waals surface area (Å²) in [6.45, 7) is 2.24. The fraction of sp³-hybridized carbons (Fsp3) is 1.00. The highest BCUT2D eigenvalue weighted by Crippen LogP contribution is 2.27. The number of sulfonamides is 1. The summed E-state index contributed by atoms with van der Waals surface area (Å²) in [6.07, 6.45) is 6.69. The lowest BCUT2D eigenvalue weighted by Crippen LogP contribution is -2.28. The Kier molecular flexibility index (Phi) is 6.00. The van der Waals surface area contributed by atoms with E-state index in [1.54, 1.807) is 6.92 Å². The molecule has 15 heavy (non-hydrogen) atoms. The van der Waals surface area contributed by atoms with Gasteiger partial charge in [0.2, 0.25) is 10.0 Å². The van der Waals surface area contributed by atoms with Gasteiger partial charge in [-0.05, 0) is 19.8 Å². The van der Waals surface area contributed by atoms with Crippen LogP contribution in [0.2, 0.25) is 0 Å². The van der Waals surface area contributed by atoms with Crippen molar-refractivity contribution in [1.82, 2.24) is 4.72 Å². The van der Waals surface area contributed by atoms with E-state index in [2.05, 4.69) is 4.72 Å². The van der Waals surface area contributed by atoms with Gasteiger partial charge < -0.3 is 0 Å². The summed E-state index contributed by atoms with van der Waals surface area (Å²) in [4.78, 5) is 0. The predicted molar refractivity (Wildman–Crippen MR) is 66.8 cm³/mol. The van der Waals surface area contributed by atoms with E-state index >= 15 is 0 Å². The molecule has 3 nitrogen and oxygen atoms in total. The first-order valence-electron chi connectivity index (χ1n) is 5.73. The van der Waals surface area contributed by atoms with Crippen molar-refractivity contribution in [3.05, 3.63) is 0 Å². The van der Waals surface area contributed by atoms with Crippen molar-refractivity contribution >= 4 is 21.8 Å². The number of rotatable bonds is 6. The monoisotopic (exact) mass is 251 g/mol. The molecule has 0 atom stereocenters. The van der Waals surface area contributed by atoms with Crippen LogP contribution in [-0.4, -0.2) is 31.7 Å². The zero-order valence-electron chi connectivity index (χ0n) is 9.37. The van der Waals surface area contributed by atoms with Crippen LogP contribution in [0, 0.1) is 0 Å². The summed E-state index contributed by atoms with van der Waals surface area (Å²) in [5.74, 6) is 1.09. The molecule has 0 bridgehead atoms. The van der Waals surface area contributed by atoms with Crippen molar-refractivity contribution < 1.29 is 8.42 Å². The minimum atomic E-state index is -2.99. The Labute approximate surface area is 97.5 Å². The number of nitrogens with one attached hydrogen (secondary N) is 1. The molecule has 1 saturated carbocycles. The minimum Gasteiger partial charge on any atom is -0.214 e. The fourth-order valence-corrected chi connectivity index (χ4v) is 3.72. The van der Waals surface area contributed by atoms with Gasteiger partial charge in [0.25, 0.3) is 0 Å². The highest BCUT2D eigenvalue weighted by Gasteiger charge is 2.13. The predicted octanol–water partition coefficient (Wildman–Crippen LogP) is 1.99. The van der Waals surface area contributed by atoms with E-state index in [0.29, 0.717) is 6.54 Å². The molecule has 5 heteroatoms. The van der Waals surface area contributed by atoms with Gasteiger partial charge >= 0.3 is 0 Å². The summed E-state index contributed by atoms with van der Waals surface area (Å²) >= 11 is 1.92. The van der Waals surface area contributed by atoms with Gasteiger partial charge in [-0.1, -0.05) is 19.3 Å². The summed E-state index contributed by atoms with van der Waals surface area (Å²) in [5, 5.41) is 0.768. The van der Waals surface area contributed by atoms with Gasteiger partial charge in [0, 0.05) is 17.5 Å². The Hall–Kier alpha value is 0.260. The van der Waals surface area contributed by atoms with E-state index in [4.69, 9.17) is 0 Å². The Morgan fingerprint density at radius 1 is 1.27 bits per heavy atom. The number of hydrogen-bond acceptors (Lipinski definition) is 3. The second-order valence-electron chi connectivity index (χ2n) is 3.93. The molecule has 0 heterocycles. The topological polar surface area (TPSA) is 46.2 Å². The first-order chi connectivity index (χ1) is 7.14. The maximum absolute atomic E-state index is 11.1. The quantitative estimate of drug-likeness (QED) is 0.734. The second kappa shape index (κ2) is 6.76. The Morgan fingerprint density at radius 2 is 1.93 bits per heavy atom. The zero-order chi connectivity index (χ0) is 11.1. The lowest BCUT2D eigenvalue weighted by Gasteiger charge is -2.20. The maximum atomic E-state index is 11.1. The average Bonchev–Trinajstić information content (AvgIpc) is 2.26. The second-order valence-corrected chi connectivity index (χ2v) is 7.43. The summed E-state index contributed by atoms with van der Waals surface area (Å²) in [6, 6.07) is 0. The molecule has 0 unspecified atom stereocenters. The first-order valence-corrected chi connectivity index (χ1v) is 8.43. The standard InChI is InChI=1S/C10H21NO2S2/c1-2-15(12,13)11-8-9-14-10-6-4-3-5-7-10/h10-11H,2-9H2,1H3. The molecule has 0 saturated heterocycles. The zero-order valence-corrected chi connectivity index (χ0v) is 11.0. The molecule has 0 radical (unpaired) electrons. The molecule has 0 spiro atoms. The van der Waals surface area contributed by atoms with Crippen LogP contribution in [0.4, 0.5) is 0 Å². The Balaban J connectivity index is 2.06. The van der Waals surface area contributed by atoms with Gasteiger partial charge in [0.1, 0.15) is 0 Å². The molecular formula is C10H21NO2S2. The normalized spacial score (nSPS) is 19.3. The number of hydrogen-bond donors (Lipinski definition) is 1. The fourth-order valence-electron chi connectivity index (χ4n) is 1.76. The SMILES string of the molecule is CCS(=O)(=O)NCCSC1CCCCC1. The van der Waals surface area contributed by atoms with Crippen molar-refractivity contribution in [1.29, 1.82) is 0 Å². The molecule has 1 aliphatic rings. The van der Waals surface area contributed by atoms with Crippen LogP contribution in [-0.2, 0) is 10.0 Å². The molecular weight excluding hydrogens is 230 g/mol. The van der Waals surface area contributed by atoms with Crippen LogP contribution >= 0.6 is 11.8 Å². The van der Waals surface area contributed by atoms with Gasteiger partial charge in [-0.15, -0.1) is 0 Å². The van der Waals surface area contributed by atoms with E-state index in [-0.39, 0.29) is 5.75 Å². The van der Waals surface area contributed by atoms with E-state index in [1.807, 2.05) is 11.8 Å². The third-order valence-electron chi connectivity index (χ3n) is 2.71. The van der Waals surface area contributed by atoms with Crippen molar-refractivity contribution in [3.8, 4) is 0 Å². The molecule has 0 aliphatic heterocycles. The van der Waals surface area contributed by atoms with E-state index in [9.17, 15) is 8.42 Å². The van der Waals surface area contributed by atoms with Crippen molar-refractivity contribution in [2.75, 3.05) is 18.1 Å². The molecule has 1 rings (SSSR count). The van der Waals surface area contributed by atoms with Gasteiger partial charge in [0.15, 0.2) is 0 Å². The highest BCUT2D eigenvalue weighted by atomic mass is 32.2. The molecule has 0 aromatic rings. The molecule has 0 aromatic carbocycles. The lowest BCUT2D eigenvalue weighted by atomic mass is 10.0. The smallest absolute Gasteiger partial charge is 0.211 e. The molecule has 1 aliphatic carbocycles. The molecule has 1 fully saturated rings. The van der Waals surface area contributed by atoms with Crippen molar-refractivity contribution in [2.24, 2.45) is 0 Å². The van der Waals surface area contributed by atoms with Crippen LogP contribution in [0.1, 0.15) is 39.0 Å². The Morgan fingerprint density at radius 3 is 2.53 bits per heavy atom. The van der Waals surface area contributed by atoms with Crippen LogP contribution in [0.3, 0.4) is 0 Å². The van der Waals surface area contributed by atoms with Crippen LogP contribution in [0.25, 0.3) is 0 Å². The lowest BCUT2D eigenvalue weighted by molar-refractivity contribution is 0.516. The van der Waals surface area contributed by atoms with Crippen LogP contribution < -0.4 is 4.72 Å². The van der Waals surface area contributed by atoms with E-state index in [0.717, 1.165) is 11.0 Å². The van der Waals surface area contributed by atoms with Crippen molar-refractivity contribution in [2.45, 2.75) is 44.3 Å². The average molecular weight is 251 g/mol. The molecule has 0 amide bonds. The Bertz CT molecular complexity index is 259. The van der Waals surface area contributed by atoms with Crippen LogP contribution in [0.5, 0.6) is 0 Å². The molecule has 90 valence electrons. The van der Waals surface area contributed by atoms with Gasteiger partial charge in [0.05, 0.1) is 5.75 Å². The minimum absolute atomic E-state index is 0.182. The van der Waals surface area contributed by atoms with E-state index < -0.39 is 10.0 Å². The molecule has 1 N–H and O–H groups in total. The summed E-state index contributed by atoms with van der Waals surface area (Å²) in [7, 11) is -2.99. The third kappa shape index (κ3) is 5.78. The van der Waals surface area contributed by atoms with E-state index in [1.165, 1.54) is 32.1 Å². The summed E-state index contributed by atoms with van der Waals surface area (Å²) in [5.41, 5.74) is 0. The van der Waals surface area contributed by atoms with Crippen LogP contribution in [0.15, 0.2) is 0 Å². The third-order valence-corrected chi connectivity index (χ3v) is 5.50. The van der Waals surface area contributed by atoms with Gasteiger partial charge in [-0.2, -0.15) is 11.8 Å². The van der Waals surface area contributed by atoms with Crippen molar-refractivity contribution in [3.63, 3.8) is 0 Å². The largest absolute Gasteiger partial charge is 0.214 e. The summed E-state index contributed by atoms with van der Waals surface area (Å²) < 4.78 is 24.9. The number of thioether (sulfide) groups is 1. The highest BCUT2D eigenvalue weighted by molar-refractivity contribution is 8.00. The maximum Gasteiger partial charge on any atom is 0.211 e.